The number of hydrogen-bond donors (Lipinski definition) is 1. The molecule has 2 heterocycles. The summed E-state index contributed by atoms with van der Waals surface area (Å²) in [6.45, 7) is 9.07. The second-order valence-electron chi connectivity index (χ2n) is 4.86. The van der Waals surface area contributed by atoms with E-state index in [1.165, 1.54) is 15.3 Å². The topological polar surface area (TPSA) is 43.8 Å². The van der Waals surface area contributed by atoms with Crippen LogP contribution in [0.2, 0.25) is 5.02 Å². The van der Waals surface area contributed by atoms with Crippen molar-refractivity contribution in [3.63, 3.8) is 0 Å². The fourth-order valence-electron chi connectivity index (χ4n) is 2.16. The van der Waals surface area contributed by atoms with E-state index in [0.29, 0.717) is 0 Å². The maximum Gasteiger partial charge on any atom is 0.0847 e. The highest BCUT2D eigenvalue weighted by molar-refractivity contribution is 7.12. The smallest absolute Gasteiger partial charge is 0.0847 e. The Morgan fingerprint density at radius 3 is 2.63 bits per heavy atom. The Balaban J connectivity index is 2.25. The van der Waals surface area contributed by atoms with Crippen LogP contribution in [0.3, 0.4) is 0 Å². The summed E-state index contributed by atoms with van der Waals surface area (Å²) in [5.74, 6) is 0. The van der Waals surface area contributed by atoms with E-state index in [-0.39, 0.29) is 6.04 Å². The van der Waals surface area contributed by atoms with Gasteiger partial charge in [0.2, 0.25) is 0 Å². The summed E-state index contributed by atoms with van der Waals surface area (Å²) >= 11 is 8.10. The number of nitrogens with two attached hydrogens (primary N) is 1. The lowest BCUT2D eigenvalue weighted by atomic mass is 10.1. The monoisotopic (exact) mass is 297 g/mol. The maximum atomic E-state index is 6.33. The fraction of sp³-hybridized carbons (Fsp3) is 0.500. The molecule has 2 N–H and O–H groups in total. The largest absolute Gasteiger partial charge is 0.323 e. The maximum absolute atomic E-state index is 6.33. The number of halogens is 1. The van der Waals surface area contributed by atoms with Crippen molar-refractivity contribution in [2.45, 2.75) is 46.7 Å². The quantitative estimate of drug-likeness (QED) is 0.933. The van der Waals surface area contributed by atoms with Crippen molar-refractivity contribution in [1.82, 2.24) is 9.78 Å². The van der Waals surface area contributed by atoms with Gasteiger partial charge in [-0.05, 0) is 39.3 Å². The predicted molar refractivity (Wildman–Crippen MR) is 82.1 cm³/mol. The minimum absolute atomic E-state index is 0.0173. The molecular formula is C14H20ClN3S. The first kappa shape index (κ1) is 14.6. The van der Waals surface area contributed by atoms with Crippen molar-refractivity contribution in [2.24, 2.45) is 5.73 Å². The molecule has 2 rings (SSSR count). The van der Waals surface area contributed by atoms with Gasteiger partial charge >= 0.3 is 0 Å². The highest BCUT2D eigenvalue weighted by Gasteiger charge is 2.18. The van der Waals surface area contributed by atoms with Gasteiger partial charge < -0.3 is 5.73 Å². The van der Waals surface area contributed by atoms with Crippen LogP contribution in [0.25, 0.3) is 0 Å². The van der Waals surface area contributed by atoms with Gasteiger partial charge in [0.25, 0.3) is 0 Å². The molecule has 5 heteroatoms. The first-order valence-corrected chi connectivity index (χ1v) is 7.67. The third kappa shape index (κ3) is 2.86. The normalized spacial score (nSPS) is 12.9. The van der Waals surface area contributed by atoms with E-state index >= 15 is 0 Å². The molecule has 2 aromatic heterocycles. The van der Waals surface area contributed by atoms with Crippen LogP contribution in [-0.2, 0) is 13.0 Å². The molecule has 0 saturated heterocycles. The Bertz CT molecular complexity index is 566. The lowest BCUT2D eigenvalue weighted by Gasteiger charge is -2.11. The minimum atomic E-state index is -0.0173. The van der Waals surface area contributed by atoms with E-state index in [1.807, 2.05) is 11.6 Å². The predicted octanol–water partition coefficient (Wildman–Crippen LogP) is 3.79. The van der Waals surface area contributed by atoms with E-state index in [0.717, 1.165) is 29.4 Å². The molecule has 0 saturated carbocycles. The fourth-order valence-corrected chi connectivity index (χ4v) is 3.41. The van der Waals surface area contributed by atoms with Gasteiger partial charge in [0.1, 0.15) is 0 Å². The molecule has 0 spiro atoms. The first-order valence-electron chi connectivity index (χ1n) is 6.48. The van der Waals surface area contributed by atoms with Gasteiger partial charge in [-0.25, -0.2) is 0 Å². The van der Waals surface area contributed by atoms with Gasteiger partial charge in [0.05, 0.1) is 16.4 Å². The molecule has 0 fully saturated rings. The van der Waals surface area contributed by atoms with E-state index in [2.05, 4.69) is 31.9 Å². The van der Waals surface area contributed by atoms with Crippen molar-refractivity contribution < 1.29 is 0 Å². The first-order chi connectivity index (χ1) is 8.93. The number of hydrogen-bond acceptors (Lipinski definition) is 3. The van der Waals surface area contributed by atoms with Crippen molar-refractivity contribution in [2.75, 3.05) is 0 Å². The Morgan fingerprint density at radius 1 is 1.42 bits per heavy atom. The van der Waals surface area contributed by atoms with Gasteiger partial charge in [0, 0.05) is 28.8 Å². The van der Waals surface area contributed by atoms with Crippen LogP contribution in [0.5, 0.6) is 0 Å². The van der Waals surface area contributed by atoms with E-state index in [9.17, 15) is 0 Å². The van der Waals surface area contributed by atoms with E-state index in [1.54, 1.807) is 11.3 Å². The number of thiophene rings is 1. The van der Waals surface area contributed by atoms with Gasteiger partial charge in [-0.2, -0.15) is 5.10 Å². The van der Waals surface area contributed by atoms with Crippen molar-refractivity contribution in [1.29, 1.82) is 0 Å². The third-order valence-corrected chi connectivity index (χ3v) is 5.19. The SMILES string of the molecule is CCn1nc(C)c(Cl)c1CC(N)c1cc(C)c(C)s1. The summed E-state index contributed by atoms with van der Waals surface area (Å²) in [6.07, 6.45) is 0.729. The molecule has 0 bridgehead atoms. The van der Waals surface area contributed by atoms with Gasteiger partial charge in [-0.15, -0.1) is 11.3 Å². The van der Waals surface area contributed by atoms with E-state index in [4.69, 9.17) is 17.3 Å². The summed E-state index contributed by atoms with van der Waals surface area (Å²) in [6, 6.07) is 2.16. The average Bonchev–Trinajstić information content (AvgIpc) is 2.84. The highest BCUT2D eigenvalue weighted by atomic mass is 35.5. The average molecular weight is 298 g/mol. The molecular weight excluding hydrogens is 278 g/mol. The van der Waals surface area contributed by atoms with Crippen LogP contribution in [0.1, 0.15) is 39.7 Å². The van der Waals surface area contributed by atoms with Gasteiger partial charge in [-0.1, -0.05) is 11.6 Å². The zero-order valence-electron chi connectivity index (χ0n) is 11.8. The molecule has 1 atom stereocenters. The molecule has 0 aliphatic rings. The standard InChI is InChI=1S/C14H20ClN3S/c1-5-18-12(14(15)9(3)17-18)7-11(16)13-6-8(2)10(4)19-13/h6,11H,5,7,16H2,1-4H3. The lowest BCUT2D eigenvalue weighted by Crippen LogP contribution is -2.15. The number of rotatable bonds is 4. The Kier molecular flexibility index (Phi) is 4.33. The van der Waals surface area contributed by atoms with Crippen LogP contribution in [0.4, 0.5) is 0 Å². The molecule has 19 heavy (non-hydrogen) atoms. The zero-order valence-corrected chi connectivity index (χ0v) is 13.4. The van der Waals surface area contributed by atoms with E-state index < -0.39 is 0 Å². The molecule has 0 radical (unpaired) electrons. The van der Waals surface area contributed by atoms with Crippen LogP contribution in [0, 0.1) is 20.8 Å². The van der Waals surface area contributed by atoms with Crippen molar-refractivity contribution >= 4 is 22.9 Å². The summed E-state index contributed by atoms with van der Waals surface area (Å²) < 4.78 is 1.95. The molecule has 104 valence electrons. The number of aryl methyl sites for hydroxylation is 4. The van der Waals surface area contributed by atoms with Crippen LogP contribution in [-0.4, -0.2) is 9.78 Å². The second-order valence-corrected chi connectivity index (χ2v) is 6.53. The molecule has 0 aromatic carbocycles. The molecule has 3 nitrogen and oxygen atoms in total. The highest BCUT2D eigenvalue weighted by Crippen LogP contribution is 2.30. The second kappa shape index (κ2) is 5.65. The molecule has 0 amide bonds. The Labute approximate surface area is 123 Å². The lowest BCUT2D eigenvalue weighted by molar-refractivity contribution is 0.590. The van der Waals surface area contributed by atoms with Crippen molar-refractivity contribution in [3.05, 3.63) is 37.8 Å². The minimum Gasteiger partial charge on any atom is -0.323 e. The summed E-state index contributed by atoms with van der Waals surface area (Å²) in [5, 5.41) is 5.18. The Hall–Kier alpha value is -0.840. The number of aromatic nitrogens is 2. The summed E-state index contributed by atoms with van der Waals surface area (Å²) in [7, 11) is 0. The van der Waals surface area contributed by atoms with Gasteiger partial charge in [0.15, 0.2) is 0 Å². The van der Waals surface area contributed by atoms with Crippen LogP contribution in [0.15, 0.2) is 6.07 Å². The number of nitrogens with zero attached hydrogens (tertiary/aromatic N) is 2. The van der Waals surface area contributed by atoms with Gasteiger partial charge in [-0.3, -0.25) is 4.68 Å². The molecule has 0 aliphatic carbocycles. The summed E-state index contributed by atoms with van der Waals surface area (Å²) in [4.78, 5) is 2.55. The Morgan fingerprint density at radius 2 is 2.11 bits per heavy atom. The van der Waals surface area contributed by atoms with Crippen LogP contribution >= 0.6 is 22.9 Å². The third-order valence-electron chi connectivity index (χ3n) is 3.42. The molecule has 0 aliphatic heterocycles. The van der Waals surface area contributed by atoms with Crippen LogP contribution < -0.4 is 5.73 Å². The molecule has 1 unspecified atom stereocenters. The molecule has 2 aromatic rings. The zero-order chi connectivity index (χ0) is 14.2. The van der Waals surface area contributed by atoms with Crippen molar-refractivity contribution in [3.8, 4) is 0 Å². The summed E-state index contributed by atoms with van der Waals surface area (Å²) in [5.41, 5.74) is 9.55.